The summed E-state index contributed by atoms with van der Waals surface area (Å²) in [6.45, 7) is 6.35. The van der Waals surface area contributed by atoms with Crippen molar-refractivity contribution in [3.8, 4) is 0 Å². The second kappa shape index (κ2) is 5.36. The van der Waals surface area contributed by atoms with Crippen molar-refractivity contribution in [2.75, 3.05) is 7.11 Å². The lowest BCUT2D eigenvalue weighted by Gasteiger charge is -2.06. The third-order valence-corrected chi connectivity index (χ3v) is 2.12. The van der Waals surface area contributed by atoms with Crippen molar-refractivity contribution < 1.29 is 9.53 Å². The van der Waals surface area contributed by atoms with E-state index >= 15 is 0 Å². The monoisotopic (exact) mass is 208 g/mol. The van der Waals surface area contributed by atoms with E-state index in [2.05, 4.69) is 21.6 Å². The SMILES string of the molecule is C=CC(C)NCc1ccc(C(=O)OC)[nH]1. The molecule has 82 valence electrons. The molecule has 4 heteroatoms. The predicted octanol–water partition coefficient (Wildman–Crippen LogP) is 1.47. The summed E-state index contributed by atoms with van der Waals surface area (Å²) in [6.07, 6.45) is 1.82. The Bertz CT molecular complexity index is 344. The van der Waals surface area contributed by atoms with E-state index in [-0.39, 0.29) is 12.0 Å². The van der Waals surface area contributed by atoms with E-state index in [1.807, 2.05) is 19.1 Å². The molecule has 0 saturated carbocycles. The first kappa shape index (κ1) is 11.5. The quantitative estimate of drug-likeness (QED) is 0.569. The first-order chi connectivity index (χ1) is 7.17. The number of rotatable bonds is 5. The van der Waals surface area contributed by atoms with Gasteiger partial charge < -0.3 is 15.0 Å². The van der Waals surface area contributed by atoms with E-state index in [1.165, 1.54) is 7.11 Å². The fraction of sp³-hybridized carbons (Fsp3) is 0.364. The fourth-order valence-electron chi connectivity index (χ4n) is 1.13. The summed E-state index contributed by atoms with van der Waals surface area (Å²) in [4.78, 5) is 14.1. The van der Waals surface area contributed by atoms with Crippen molar-refractivity contribution in [1.29, 1.82) is 0 Å². The molecule has 4 nitrogen and oxygen atoms in total. The van der Waals surface area contributed by atoms with Crippen LogP contribution < -0.4 is 5.32 Å². The summed E-state index contributed by atoms with van der Waals surface area (Å²) in [7, 11) is 1.36. The Hall–Kier alpha value is -1.55. The topological polar surface area (TPSA) is 54.1 Å². The van der Waals surface area contributed by atoms with E-state index in [1.54, 1.807) is 6.07 Å². The van der Waals surface area contributed by atoms with E-state index < -0.39 is 0 Å². The van der Waals surface area contributed by atoms with E-state index in [0.717, 1.165) is 5.69 Å². The van der Waals surface area contributed by atoms with Crippen LogP contribution in [0, 0.1) is 0 Å². The number of hydrogen-bond acceptors (Lipinski definition) is 3. The normalized spacial score (nSPS) is 12.1. The summed E-state index contributed by atoms with van der Waals surface area (Å²) < 4.78 is 4.59. The lowest BCUT2D eigenvalue weighted by Crippen LogP contribution is -2.23. The number of methoxy groups -OCH3 is 1. The number of H-pyrrole nitrogens is 1. The maximum absolute atomic E-state index is 11.1. The zero-order valence-electron chi connectivity index (χ0n) is 9.04. The van der Waals surface area contributed by atoms with Gasteiger partial charge in [0, 0.05) is 18.3 Å². The average molecular weight is 208 g/mol. The molecule has 1 aromatic heterocycles. The Kier molecular flexibility index (Phi) is 4.12. The minimum absolute atomic E-state index is 0.245. The van der Waals surface area contributed by atoms with E-state index in [9.17, 15) is 4.79 Å². The number of esters is 1. The number of aromatic amines is 1. The Morgan fingerprint density at radius 3 is 3.07 bits per heavy atom. The molecule has 0 aromatic carbocycles. The first-order valence-electron chi connectivity index (χ1n) is 4.79. The molecule has 0 aliphatic heterocycles. The Labute approximate surface area is 89.3 Å². The van der Waals surface area contributed by atoms with Crippen molar-refractivity contribution in [1.82, 2.24) is 10.3 Å². The third-order valence-electron chi connectivity index (χ3n) is 2.12. The smallest absolute Gasteiger partial charge is 0.354 e. The van der Waals surface area contributed by atoms with Gasteiger partial charge in [-0.15, -0.1) is 6.58 Å². The van der Waals surface area contributed by atoms with Gasteiger partial charge in [-0.1, -0.05) is 6.08 Å². The molecule has 0 amide bonds. The zero-order chi connectivity index (χ0) is 11.3. The van der Waals surface area contributed by atoms with Crippen LogP contribution in [0.5, 0.6) is 0 Å². The number of nitrogens with one attached hydrogen (secondary N) is 2. The zero-order valence-corrected chi connectivity index (χ0v) is 9.04. The second-order valence-electron chi connectivity index (χ2n) is 3.29. The van der Waals surface area contributed by atoms with Crippen molar-refractivity contribution in [2.45, 2.75) is 19.5 Å². The molecule has 0 fully saturated rings. The van der Waals surface area contributed by atoms with Gasteiger partial charge in [0.1, 0.15) is 5.69 Å². The van der Waals surface area contributed by atoms with Crippen molar-refractivity contribution in [2.24, 2.45) is 0 Å². The van der Waals surface area contributed by atoms with Gasteiger partial charge in [0.05, 0.1) is 7.11 Å². The van der Waals surface area contributed by atoms with E-state index in [0.29, 0.717) is 12.2 Å². The molecule has 1 heterocycles. The van der Waals surface area contributed by atoms with Gasteiger partial charge in [0.2, 0.25) is 0 Å². The highest BCUT2D eigenvalue weighted by atomic mass is 16.5. The molecule has 0 spiro atoms. The molecule has 0 saturated heterocycles. The van der Waals surface area contributed by atoms with Crippen molar-refractivity contribution in [3.63, 3.8) is 0 Å². The Morgan fingerprint density at radius 1 is 1.73 bits per heavy atom. The van der Waals surface area contributed by atoms with E-state index in [4.69, 9.17) is 0 Å². The third kappa shape index (κ3) is 3.25. The van der Waals surface area contributed by atoms with Gasteiger partial charge in [-0.05, 0) is 19.1 Å². The summed E-state index contributed by atoms with van der Waals surface area (Å²) in [6, 6.07) is 3.81. The van der Waals surface area contributed by atoms with Gasteiger partial charge in [0.25, 0.3) is 0 Å². The lowest BCUT2D eigenvalue weighted by molar-refractivity contribution is 0.0594. The molecule has 15 heavy (non-hydrogen) atoms. The van der Waals surface area contributed by atoms with Gasteiger partial charge in [0.15, 0.2) is 0 Å². The van der Waals surface area contributed by atoms with Crippen LogP contribution in [-0.4, -0.2) is 24.1 Å². The van der Waals surface area contributed by atoms with Crippen LogP contribution in [-0.2, 0) is 11.3 Å². The first-order valence-corrected chi connectivity index (χ1v) is 4.79. The van der Waals surface area contributed by atoms with Crippen LogP contribution in [0.2, 0.25) is 0 Å². The number of hydrogen-bond donors (Lipinski definition) is 2. The van der Waals surface area contributed by atoms with Gasteiger partial charge in [-0.2, -0.15) is 0 Å². The van der Waals surface area contributed by atoms with Gasteiger partial charge >= 0.3 is 5.97 Å². The predicted molar refractivity (Wildman–Crippen MR) is 58.6 cm³/mol. The van der Waals surface area contributed by atoms with Crippen molar-refractivity contribution >= 4 is 5.97 Å². The average Bonchev–Trinajstić information content (AvgIpc) is 2.73. The fourth-order valence-corrected chi connectivity index (χ4v) is 1.13. The number of ether oxygens (including phenoxy) is 1. The molecule has 0 bridgehead atoms. The molecule has 2 N–H and O–H groups in total. The number of carbonyl (C=O) groups excluding carboxylic acids is 1. The van der Waals surface area contributed by atoms with Gasteiger partial charge in [-0.25, -0.2) is 4.79 Å². The Balaban J connectivity index is 2.53. The molecule has 1 atom stereocenters. The molecule has 0 aliphatic rings. The minimum atomic E-state index is -0.349. The Morgan fingerprint density at radius 2 is 2.47 bits per heavy atom. The molecule has 0 aliphatic carbocycles. The van der Waals surface area contributed by atoms with Crippen LogP contribution in [0.4, 0.5) is 0 Å². The molecule has 1 unspecified atom stereocenters. The summed E-state index contributed by atoms with van der Waals surface area (Å²) in [5.41, 5.74) is 1.42. The molecule has 1 aromatic rings. The van der Waals surface area contributed by atoms with Crippen LogP contribution >= 0.6 is 0 Å². The summed E-state index contributed by atoms with van der Waals surface area (Å²) in [5.74, 6) is -0.349. The standard InChI is InChI=1S/C11H16N2O2/c1-4-8(2)12-7-9-5-6-10(13-9)11(14)15-3/h4-6,8,12-13H,1,7H2,2-3H3. The molecular formula is C11H16N2O2. The van der Waals surface area contributed by atoms with Crippen LogP contribution in [0.1, 0.15) is 23.1 Å². The minimum Gasteiger partial charge on any atom is -0.464 e. The second-order valence-corrected chi connectivity index (χ2v) is 3.29. The molecule has 0 radical (unpaired) electrons. The molecular weight excluding hydrogens is 192 g/mol. The summed E-state index contributed by atoms with van der Waals surface area (Å²) in [5, 5.41) is 3.22. The maximum Gasteiger partial charge on any atom is 0.354 e. The largest absolute Gasteiger partial charge is 0.464 e. The highest BCUT2D eigenvalue weighted by molar-refractivity contribution is 5.87. The lowest BCUT2D eigenvalue weighted by atomic mass is 10.3. The number of carbonyl (C=O) groups is 1. The van der Waals surface area contributed by atoms with Crippen LogP contribution in [0.15, 0.2) is 24.8 Å². The highest BCUT2D eigenvalue weighted by Crippen LogP contribution is 2.03. The molecule has 1 rings (SSSR count). The highest BCUT2D eigenvalue weighted by Gasteiger charge is 2.07. The summed E-state index contributed by atoms with van der Waals surface area (Å²) >= 11 is 0. The maximum atomic E-state index is 11.1. The van der Waals surface area contributed by atoms with Gasteiger partial charge in [-0.3, -0.25) is 0 Å². The number of aromatic nitrogens is 1. The van der Waals surface area contributed by atoms with Crippen molar-refractivity contribution in [3.05, 3.63) is 36.2 Å². The van der Waals surface area contributed by atoms with Crippen LogP contribution in [0.25, 0.3) is 0 Å². The van der Waals surface area contributed by atoms with Crippen LogP contribution in [0.3, 0.4) is 0 Å².